The second-order valence-corrected chi connectivity index (χ2v) is 9.78. The standard InChI is InChI=1S/C27H27NO2S/c1-26(2,3)30-25(29)27(18-20-12-6-4-7-13-20)19-31-24(28-27)23-17-11-10-16-22(23)21-14-8-5-9-15-21/h4-17H,18-19H2,1-3H3/t27-/m1/s1. The van der Waals surface area contributed by atoms with Crippen LogP contribution >= 0.6 is 11.8 Å². The highest BCUT2D eigenvalue weighted by atomic mass is 32.2. The van der Waals surface area contributed by atoms with Gasteiger partial charge in [-0.2, -0.15) is 0 Å². The van der Waals surface area contributed by atoms with Crippen LogP contribution in [0.3, 0.4) is 0 Å². The molecule has 31 heavy (non-hydrogen) atoms. The van der Waals surface area contributed by atoms with Crippen LogP contribution < -0.4 is 0 Å². The van der Waals surface area contributed by atoms with Crippen LogP contribution in [0.2, 0.25) is 0 Å². The van der Waals surface area contributed by atoms with Crippen LogP contribution in [0, 0.1) is 0 Å². The van der Waals surface area contributed by atoms with E-state index in [2.05, 4.69) is 24.3 Å². The molecule has 1 atom stereocenters. The van der Waals surface area contributed by atoms with Crippen molar-refractivity contribution in [3.8, 4) is 11.1 Å². The predicted octanol–water partition coefficient (Wildman–Crippen LogP) is 6.17. The van der Waals surface area contributed by atoms with Crippen LogP contribution in [-0.2, 0) is 16.0 Å². The summed E-state index contributed by atoms with van der Waals surface area (Å²) in [5.41, 5.74) is 2.89. The Morgan fingerprint density at radius 3 is 2.13 bits per heavy atom. The monoisotopic (exact) mass is 429 g/mol. The molecule has 3 aromatic carbocycles. The molecule has 0 amide bonds. The zero-order chi connectivity index (χ0) is 21.9. The fourth-order valence-electron chi connectivity index (χ4n) is 3.70. The zero-order valence-corrected chi connectivity index (χ0v) is 19.0. The third-order valence-electron chi connectivity index (χ3n) is 5.12. The minimum absolute atomic E-state index is 0.261. The molecule has 1 heterocycles. The lowest BCUT2D eigenvalue weighted by Gasteiger charge is -2.28. The SMILES string of the molecule is CC(C)(C)OC(=O)[C@@]1(Cc2ccccc2)CSC(c2ccccc2-c2ccccc2)=N1. The van der Waals surface area contributed by atoms with Crippen LogP contribution in [0.5, 0.6) is 0 Å². The summed E-state index contributed by atoms with van der Waals surface area (Å²) >= 11 is 1.63. The molecule has 4 heteroatoms. The Morgan fingerprint density at radius 2 is 1.48 bits per heavy atom. The number of carbonyl (C=O) groups excluding carboxylic acids is 1. The Morgan fingerprint density at radius 1 is 0.903 bits per heavy atom. The summed E-state index contributed by atoms with van der Waals surface area (Å²) < 4.78 is 5.84. The number of rotatable bonds is 5. The molecule has 0 N–H and O–H groups in total. The average molecular weight is 430 g/mol. The number of carbonyl (C=O) groups is 1. The lowest BCUT2D eigenvalue weighted by molar-refractivity contribution is -0.160. The van der Waals surface area contributed by atoms with Gasteiger partial charge in [-0.25, -0.2) is 4.79 Å². The summed E-state index contributed by atoms with van der Waals surface area (Å²) in [6, 6.07) is 28.6. The molecule has 3 nitrogen and oxygen atoms in total. The van der Waals surface area contributed by atoms with Crippen LogP contribution in [0.1, 0.15) is 31.9 Å². The van der Waals surface area contributed by atoms with Crippen molar-refractivity contribution in [1.29, 1.82) is 0 Å². The lowest BCUT2D eigenvalue weighted by atomic mass is 9.92. The Kier molecular flexibility index (Phi) is 6.01. The molecule has 3 aromatic rings. The molecule has 0 unspecified atom stereocenters. The number of thioether (sulfide) groups is 1. The lowest BCUT2D eigenvalue weighted by Crippen LogP contribution is -2.44. The van der Waals surface area contributed by atoms with Gasteiger partial charge in [0.1, 0.15) is 5.60 Å². The Balaban J connectivity index is 1.76. The second kappa shape index (κ2) is 8.72. The Labute approximate surface area is 188 Å². The predicted molar refractivity (Wildman–Crippen MR) is 130 cm³/mol. The Bertz CT molecular complexity index is 1090. The molecule has 0 saturated carbocycles. The number of hydrogen-bond acceptors (Lipinski definition) is 4. The van der Waals surface area contributed by atoms with Crippen molar-refractivity contribution in [2.24, 2.45) is 4.99 Å². The number of esters is 1. The van der Waals surface area contributed by atoms with E-state index in [0.717, 1.165) is 27.3 Å². The van der Waals surface area contributed by atoms with Crippen molar-refractivity contribution in [1.82, 2.24) is 0 Å². The maximum atomic E-state index is 13.4. The van der Waals surface area contributed by atoms with Gasteiger partial charge in [0.25, 0.3) is 0 Å². The van der Waals surface area contributed by atoms with E-state index in [9.17, 15) is 4.79 Å². The Hall–Kier alpha value is -2.85. The minimum atomic E-state index is -0.932. The molecule has 0 aliphatic carbocycles. The molecule has 4 rings (SSSR count). The fraction of sp³-hybridized carbons (Fsp3) is 0.259. The second-order valence-electron chi connectivity index (χ2n) is 8.81. The van der Waals surface area contributed by atoms with Crippen LogP contribution in [-0.4, -0.2) is 27.9 Å². The first kappa shape index (κ1) is 21.4. The van der Waals surface area contributed by atoms with Gasteiger partial charge in [0.05, 0.1) is 5.04 Å². The highest BCUT2D eigenvalue weighted by Crippen LogP contribution is 2.38. The largest absolute Gasteiger partial charge is 0.458 e. The molecule has 0 fully saturated rings. The molecule has 158 valence electrons. The van der Waals surface area contributed by atoms with Gasteiger partial charge < -0.3 is 4.74 Å². The smallest absolute Gasteiger partial charge is 0.335 e. The highest BCUT2D eigenvalue weighted by molar-refractivity contribution is 8.14. The first-order valence-corrected chi connectivity index (χ1v) is 11.5. The van der Waals surface area contributed by atoms with Crippen molar-refractivity contribution < 1.29 is 9.53 Å². The van der Waals surface area contributed by atoms with Crippen molar-refractivity contribution >= 4 is 22.8 Å². The van der Waals surface area contributed by atoms with E-state index in [1.54, 1.807) is 11.8 Å². The summed E-state index contributed by atoms with van der Waals surface area (Å²) in [5.74, 6) is 0.304. The van der Waals surface area contributed by atoms with E-state index in [-0.39, 0.29) is 5.97 Å². The quantitative estimate of drug-likeness (QED) is 0.455. The van der Waals surface area contributed by atoms with Crippen LogP contribution in [0.15, 0.2) is 89.9 Å². The van der Waals surface area contributed by atoms with Crippen molar-refractivity contribution in [3.63, 3.8) is 0 Å². The maximum absolute atomic E-state index is 13.4. The van der Waals surface area contributed by atoms with Gasteiger partial charge >= 0.3 is 5.97 Å². The maximum Gasteiger partial charge on any atom is 0.335 e. The summed E-state index contributed by atoms with van der Waals surface area (Å²) in [4.78, 5) is 18.4. The van der Waals surface area contributed by atoms with E-state index >= 15 is 0 Å². The van der Waals surface area contributed by atoms with Gasteiger partial charge in [-0.15, -0.1) is 11.8 Å². The third kappa shape index (κ3) is 4.91. The molecule has 1 aliphatic heterocycles. The van der Waals surface area contributed by atoms with E-state index in [1.807, 2.05) is 81.4 Å². The topological polar surface area (TPSA) is 38.7 Å². The van der Waals surface area contributed by atoms with Crippen molar-refractivity contribution in [2.75, 3.05) is 5.75 Å². The number of aliphatic imine (C=N–C) groups is 1. The van der Waals surface area contributed by atoms with Crippen molar-refractivity contribution in [3.05, 3.63) is 96.1 Å². The average Bonchev–Trinajstić information content (AvgIpc) is 3.19. The normalized spacial score (nSPS) is 18.5. The van der Waals surface area contributed by atoms with E-state index < -0.39 is 11.1 Å². The van der Waals surface area contributed by atoms with E-state index in [0.29, 0.717) is 12.2 Å². The van der Waals surface area contributed by atoms with Gasteiger partial charge in [0, 0.05) is 17.7 Å². The first-order chi connectivity index (χ1) is 14.9. The van der Waals surface area contributed by atoms with Gasteiger partial charge in [-0.1, -0.05) is 84.9 Å². The summed E-state index contributed by atoms with van der Waals surface area (Å²) in [5, 5.41) is 0.890. The van der Waals surface area contributed by atoms with Crippen LogP contribution in [0.25, 0.3) is 11.1 Å². The summed E-state index contributed by atoms with van der Waals surface area (Å²) in [7, 11) is 0. The van der Waals surface area contributed by atoms with Gasteiger partial charge in [-0.05, 0) is 37.5 Å². The van der Waals surface area contributed by atoms with Gasteiger partial charge in [0.15, 0.2) is 5.54 Å². The van der Waals surface area contributed by atoms with Gasteiger partial charge in [0.2, 0.25) is 0 Å². The zero-order valence-electron chi connectivity index (χ0n) is 18.2. The molecule has 1 aliphatic rings. The molecule has 0 aromatic heterocycles. The molecule has 0 bridgehead atoms. The van der Waals surface area contributed by atoms with Gasteiger partial charge in [-0.3, -0.25) is 4.99 Å². The third-order valence-corrected chi connectivity index (χ3v) is 6.33. The molecular weight excluding hydrogens is 402 g/mol. The highest BCUT2D eigenvalue weighted by Gasteiger charge is 2.46. The summed E-state index contributed by atoms with van der Waals surface area (Å²) in [6.45, 7) is 5.70. The minimum Gasteiger partial charge on any atom is -0.458 e. The van der Waals surface area contributed by atoms with E-state index in [4.69, 9.17) is 9.73 Å². The molecule has 0 saturated heterocycles. The number of hydrogen-bond donors (Lipinski definition) is 0. The molecule has 0 radical (unpaired) electrons. The fourth-order valence-corrected chi connectivity index (χ4v) is 4.93. The number of nitrogens with zero attached hydrogens (tertiary/aromatic N) is 1. The molecular formula is C27H27NO2S. The van der Waals surface area contributed by atoms with Crippen molar-refractivity contribution in [2.45, 2.75) is 38.3 Å². The first-order valence-electron chi connectivity index (χ1n) is 10.5. The number of benzene rings is 3. The number of ether oxygens (including phenoxy) is 1. The summed E-state index contributed by atoms with van der Waals surface area (Å²) in [6.07, 6.45) is 0.521. The van der Waals surface area contributed by atoms with Crippen LogP contribution in [0.4, 0.5) is 0 Å². The van der Waals surface area contributed by atoms with E-state index in [1.165, 1.54) is 0 Å². The molecule has 0 spiro atoms.